The first-order chi connectivity index (χ1) is 9.04. The van der Waals surface area contributed by atoms with Crippen molar-refractivity contribution in [2.24, 2.45) is 5.92 Å². The highest BCUT2D eigenvalue weighted by Crippen LogP contribution is 2.31. The van der Waals surface area contributed by atoms with Crippen molar-refractivity contribution < 1.29 is 8.42 Å². The second-order valence-electron chi connectivity index (χ2n) is 5.16. The summed E-state index contributed by atoms with van der Waals surface area (Å²) in [5, 5.41) is 0. The van der Waals surface area contributed by atoms with Gasteiger partial charge in [-0.05, 0) is 31.7 Å². The van der Waals surface area contributed by atoms with Crippen LogP contribution in [0.2, 0.25) is 4.47 Å². The fourth-order valence-electron chi connectivity index (χ4n) is 2.46. The molecule has 0 spiro atoms. The molecule has 2 fully saturated rings. The van der Waals surface area contributed by atoms with Crippen LogP contribution in [-0.4, -0.2) is 44.0 Å². The van der Waals surface area contributed by atoms with Crippen LogP contribution >= 0.6 is 22.9 Å². The predicted molar refractivity (Wildman–Crippen MR) is 75.0 cm³/mol. The lowest BCUT2D eigenvalue weighted by Crippen LogP contribution is -2.31. The molecular weight excluding hydrogens is 306 g/mol. The molecule has 106 valence electrons. The van der Waals surface area contributed by atoms with Gasteiger partial charge in [-0.1, -0.05) is 22.9 Å². The van der Waals surface area contributed by atoms with E-state index in [9.17, 15) is 8.42 Å². The molecule has 1 atom stereocenters. The van der Waals surface area contributed by atoms with E-state index in [-0.39, 0.29) is 8.68 Å². The number of hydrogen-bond donors (Lipinski definition) is 1. The molecule has 1 N–H and O–H groups in total. The summed E-state index contributed by atoms with van der Waals surface area (Å²) in [7, 11) is -3.45. The number of thiazole rings is 1. The van der Waals surface area contributed by atoms with Crippen LogP contribution in [0.25, 0.3) is 0 Å². The van der Waals surface area contributed by atoms with Crippen LogP contribution in [0, 0.1) is 5.92 Å². The molecule has 0 aromatic carbocycles. The maximum atomic E-state index is 12.0. The van der Waals surface area contributed by atoms with Crippen molar-refractivity contribution in [1.29, 1.82) is 0 Å². The van der Waals surface area contributed by atoms with Crippen LogP contribution in [0.1, 0.15) is 19.3 Å². The molecule has 0 radical (unpaired) electrons. The lowest BCUT2D eigenvalue weighted by atomic mass is 10.1. The van der Waals surface area contributed by atoms with E-state index in [0.717, 1.165) is 36.9 Å². The molecular formula is C11H16ClN3O2S2. The third-order valence-corrected chi connectivity index (χ3v) is 6.66. The van der Waals surface area contributed by atoms with Gasteiger partial charge in [0, 0.05) is 19.1 Å². The van der Waals surface area contributed by atoms with E-state index >= 15 is 0 Å². The molecule has 8 heteroatoms. The zero-order valence-corrected chi connectivity index (χ0v) is 12.8. The number of rotatable bonds is 5. The summed E-state index contributed by atoms with van der Waals surface area (Å²) < 4.78 is 27.1. The molecule has 1 saturated carbocycles. The molecule has 5 nitrogen and oxygen atoms in total. The number of halogens is 1. The average molecular weight is 322 g/mol. The van der Waals surface area contributed by atoms with E-state index in [4.69, 9.17) is 11.6 Å². The Labute approximate surface area is 122 Å². The Balaban J connectivity index is 1.54. The van der Waals surface area contributed by atoms with Gasteiger partial charge in [0.15, 0.2) is 8.68 Å². The van der Waals surface area contributed by atoms with E-state index in [1.165, 1.54) is 19.0 Å². The van der Waals surface area contributed by atoms with Crippen molar-refractivity contribution in [1.82, 2.24) is 14.6 Å². The van der Waals surface area contributed by atoms with Gasteiger partial charge in [0.25, 0.3) is 10.0 Å². The summed E-state index contributed by atoms with van der Waals surface area (Å²) in [5.41, 5.74) is 0. The van der Waals surface area contributed by atoms with Gasteiger partial charge in [0.2, 0.25) is 0 Å². The number of nitrogens with one attached hydrogen (secondary N) is 1. The maximum Gasteiger partial charge on any atom is 0.251 e. The smallest absolute Gasteiger partial charge is 0.251 e. The zero-order chi connectivity index (χ0) is 13.5. The minimum atomic E-state index is -3.45. The van der Waals surface area contributed by atoms with Gasteiger partial charge in [0.1, 0.15) is 0 Å². The summed E-state index contributed by atoms with van der Waals surface area (Å²) >= 11 is 6.65. The van der Waals surface area contributed by atoms with Gasteiger partial charge in [-0.3, -0.25) is 0 Å². The molecule has 19 heavy (non-hydrogen) atoms. The Bertz CT molecular complexity index is 556. The van der Waals surface area contributed by atoms with Crippen molar-refractivity contribution in [3.63, 3.8) is 0 Å². The van der Waals surface area contributed by atoms with E-state index in [0.29, 0.717) is 12.5 Å². The van der Waals surface area contributed by atoms with E-state index in [1.807, 2.05) is 0 Å². The first-order valence-corrected chi connectivity index (χ1v) is 9.07. The molecule has 1 aromatic rings. The summed E-state index contributed by atoms with van der Waals surface area (Å²) in [6, 6.07) is 0.766. The van der Waals surface area contributed by atoms with Crippen molar-refractivity contribution in [3.8, 4) is 0 Å². The highest BCUT2D eigenvalue weighted by molar-refractivity contribution is 7.91. The Hall–Kier alpha value is -0.210. The quantitative estimate of drug-likeness (QED) is 0.894. The molecule has 1 saturated heterocycles. The lowest BCUT2D eigenvalue weighted by molar-refractivity contribution is 0.314. The number of sulfonamides is 1. The largest absolute Gasteiger partial charge is 0.300 e. The molecule has 2 aliphatic rings. The van der Waals surface area contributed by atoms with Crippen LogP contribution in [0.3, 0.4) is 0 Å². The third-order valence-electron chi connectivity index (χ3n) is 3.66. The molecule has 0 amide bonds. The fourth-order valence-corrected chi connectivity index (χ4v) is 4.92. The van der Waals surface area contributed by atoms with Crippen molar-refractivity contribution in [2.75, 3.05) is 19.6 Å². The van der Waals surface area contributed by atoms with Gasteiger partial charge in [-0.15, -0.1) is 0 Å². The minimum Gasteiger partial charge on any atom is -0.300 e. The number of nitrogens with zero attached hydrogens (tertiary/aromatic N) is 2. The molecule has 1 unspecified atom stereocenters. The highest BCUT2D eigenvalue weighted by atomic mass is 35.5. The Morgan fingerprint density at radius 2 is 2.26 bits per heavy atom. The number of likely N-dealkylation sites (tertiary alicyclic amines) is 1. The van der Waals surface area contributed by atoms with Gasteiger partial charge >= 0.3 is 0 Å². The predicted octanol–water partition coefficient (Wildman–Crippen LogP) is 1.56. The molecule has 1 aromatic heterocycles. The maximum absolute atomic E-state index is 12.0. The van der Waals surface area contributed by atoms with Crippen LogP contribution < -0.4 is 4.72 Å². The van der Waals surface area contributed by atoms with Gasteiger partial charge in [-0.2, -0.15) is 0 Å². The van der Waals surface area contributed by atoms with Crippen molar-refractivity contribution in [2.45, 2.75) is 29.5 Å². The zero-order valence-electron chi connectivity index (χ0n) is 10.4. The van der Waals surface area contributed by atoms with Crippen molar-refractivity contribution in [3.05, 3.63) is 10.7 Å². The molecule has 2 heterocycles. The second-order valence-corrected chi connectivity index (χ2v) is 8.77. The average Bonchev–Trinajstić information content (AvgIpc) is 2.94. The minimum absolute atomic E-state index is 0.189. The first-order valence-electron chi connectivity index (χ1n) is 6.39. The molecule has 1 aliphatic carbocycles. The van der Waals surface area contributed by atoms with Gasteiger partial charge < -0.3 is 4.90 Å². The van der Waals surface area contributed by atoms with E-state index in [2.05, 4.69) is 14.6 Å². The Kier molecular flexibility index (Phi) is 3.83. The molecule has 3 rings (SSSR count). The Morgan fingerprint density at radius 3 is 2.89 bits per heavy atom. The summed E-state index contributed by atoms with van der Waals surface area (Å²) in [6.07, 6.45) is 4.98. The lowest BCUT2D eigenvalue weighted by Gasteiger charge is -2.14. The fraction of sp³-hybridized carbons (Fsp3) is 0.727. The van der Waals surface area contributed by atoms with Crippen LogP contribution in [0.4, 0.5) is 0 Å². The SMILES string of the molecule is O=S(=O)(NCC1CCN(C2CC2)C1)c1cnc(Cl)s1. The van der Waals surface area contributed by atoms with Gasteiger partial charge in [0.05, 0.1) is 6.20 Å². The van der Waals surface area contributed by atoms with E-state index < -0.39 is 10.0 Å². The summed E-state index contributed by atoms with van der Waals surface area (Å²) in [4.78, 5) is 6.24. The normalized spacial score (nSPS) is 25.0. The number of aromatic nitrogens is 1. The van der Waals surface area contributed by atoms with Crippen LogP contribution in [0.5, 0.6) is 0 Å². The van der Waals surface area contributed by atoms with Gasteiger partial charge in [-0.25, -0.2) is 18.1 Å². The molecule has 0 bridgehead atoms. The Morgan fingerprint density at radius 1 is 1.47 bits per heavy atom. The van der Waals surface area contributed by atoms with Crippen molar-refractivity contribution >= 4 is 33.0 Å². The third kappa shape index (κ3) is 3.28. The van der Waals surface area contributed by atoms with Crippen LogP contribution in [0.15, 0.2) is 10.4 Å². The topological polar surface area (TPSA) is 62.3 Å². The van der Waals surface area contributed by atoms with Crippen LogP contribution in [-0.2, 0) is 10.0 Å². The molecule has 1 aliphatic heterocycles. The second kappa shape index (κ2) is 5.29. The van der Waals surface area contributed by atoms with E-state index in [1.54, 1.807) is 0 Å². The standard InChI is InChI=1S/C11H16ClN3O2S2/c12-11-13-6-10(18-11)19(16,17)14-5-8-3-4-15(7-8)9-1-2-9/h6,8-9,14H,1-5,7H2. The summed E-state index contributed by atoms with van der Waals surface area (Å²) in [5.74, 6) is 0.416. The first kappa shape index (κ1) is 13.8. The number of hydrogen-bond acceptors (Lipinski definition) is 5. The summed E-state index contributed by atoms with van der Waals surface area (Å²) in [6.45, 7) is 2.61. The highest BCUT2D eigenvalue weighted by Gasteiger charge is 2.34. The monoisotopic (exact) mass is 321 g/mol.